The lowest BCUT2D eigenvalue weighted by Gasteiger charge is -2.09. The average Bonchev–Trinajstić information content (AvgIpc) is 2.68. The molecule has 0 fully saturated rings. The predicted molar refractivity (Wildman–Crippen MR) is 118 cm³/mol. The summed E-state index contributed by atoms with van der Waals surface area (Å²) in [7, 11) is -3.67. The first-order chi connectivity index (χ1) is 13.8. The molecule has 148 valence electrons. The van der Waals surface area contributed by atoms with Crippen LogP contribution < -0.4 is 10.0 Å². The summed E-state index contributed by atoms with van der Waals surface area (Å²) in [6.45, 7) is 1.89. The van der Waals surface area contributed by atoms with Crippen LogP contribution in [0.15, 0.2) is 83.8 Å². The molecule has 0 bridgehead atoms. The molecular formula is C22H19ClN2O3S. The van der Waals surface area contributed by atoms with E-state index in [1.54, 1.807) is 72.8 Å². The minimum absolute atomic E-state index is 0.187. The van der Waals surface area contributed by atoms with Gasteiger partial charge in [0.2, 0.25) is 5.91 Å². The van der Waals surface area contributed by atoms with E-state index in [4.69, 9.17) is 11.6 Å². The summed E-state index contributed by atoms with van der Waals surface area (Å²) in [5.74, 6) is -0.307. The van der Waals surface area contributed by atoms with Crippen LogP contribution in [0.2, 0.25) is 5.02 Å². The second-order valence-corrected chi connectivity index (χ2v) is 8.49. The fourth-order valence-electron chi connectivity index (χ4n) is 2.52. The number of nitrogens with one attached hydrogen (secondary N) is 2. The zero-order valence-corrected chi connectivity index (χ0v) is 17.2. The molecule has 0 saturated carbocycles. The SMILES string of the molecule is Cc1ccc(S(=O)(=O)Nc2ccc(NC(=O)/C=C/c3cccc(Cl)c3)cc2)cc1. The number of hydrogen-bond donors (Lipinski definition) is 2. The third kappa shape index (κ3) is 5.94. The summed E-state index contributed by atoms with van der Waals surface area (Å²) in [5.41, 5.74) is 2.74. The Bertz CT molecular complexity index is 1140. The van der Waals surface area contributed by atoms with E-state index in [-0.39, 0.29) is 10.8 Å². The summed E-state index contributed by atoms with van der Waals surface area (Å²) in [6, 6.07) is 20.2. The molecule has 0 aliphatic carbocycles. The first kappa shape index (κ1) is 20.6. The van der Waals surface area contributed by atoms with Crippen molar-refractivity contribution < 1.29 is 13.2 Å². The van der Waals surface area contributed by atoms with Crippen LogP contribution in [-0.4, -0.2) is 14.3 Å². The van der Waals surface area contributed by atoms with Crippen molar-refractivity contribution in [3.63, 3.8) is 0 Å². The van der Waals surface area contributed by atoms with Crippen molar-refractivity contribution in [1.82, 2.24) is 0 Å². The minimum Gasteiger partial charge on any atom is -0.323 e. The van der Waals surface area contributed by atoms with Gasteiger partial charge in [-0.2, -0.15) is 0 Å². The van der Waals surface area contributed by atoms with E-state index < -0.39 is 10.0 Å². The zero-order chi connectivity index (χ0) is 20.9. The summed E-state index contributed by atoms with van der Waals surface area (Å²) in [4.78, 5) is 12.2. The number of aryl methyl sites for hydroxylation is 1. The fourth-order valence-corrected chi connectivity index (χ4v) is 3.78. The number of halogens is 1. The second kappa shape index (κ2) is 8.94. The molecule has 29 heavy (non-hydrogen) atoms. The van der Waals surface area contributed by atoms with Crippen LogP contribution in [0.4, 0.5) is 11.4 Å². The van der Waals surface area contributed by atoms with Crippen molar-refractivity contribution in [3.05, 3.63) is 95.0 Å². The number of carbonyl (C=O) groups is 1. The van der Waals surface area contributed by atoms with E-state index in [0.29, 0.717) is 16.4 Å². The molecule has 0 radical (unpaired) electrons. The Morgan fingerprint density at radius 1 is 0.931 bits per heavy atom. The highest BCUT2D eigenvalue weighted by Gasteiger charge is 2.13. The van der Waals surface area contributed by atoms with E-state index in [1.807, 2.05) is 13.0 Å². The van der Waals surface area contributed by atoms with Crippen molar-refractivity contribution in [2.45, 2.75) is 11.8 Å². The van der Waals surface area contributed by atoms with Crippen LogP contribution in [0.25, 0.3) is 6.08 Å². The number of sulfonamides is 1. The Morgan fingerprint density at radius 3 is 2.24 bits per heavy atom. The van der Waals surface area contributed by atoms with Gasteiger partial charge in [-0.1, -0.05) is 41.4 Å². The van der Waals surface area contributed by atoms with Crippen molar-refractivity contribution in [3.8, 4) is 0 Å². The molecule has 0 unspecified atom stereocenters. The average molecular weight is 427 g/mol. The smallest absolute Gasteiger partial charge is 0.261 e. The van der Waals surface area contributed by atoms with Crippen LogP contribution in [0.1, 0.15) is 11.1 Å². The number of hydrogen-bond acceptors (Lipinski definition) is 3. The van der Waals surface area contributed by atoms with E-state index in [2.05, 4.69) is 10.0 Å². The third-order valence-electron chi connectivity index (χ3n) is 4.01. The van der Waals surface area contributed by atoms with Gasteiger partial charge >= 0.3 is 0 Å². The quantitative estimate of drug-likeness (QED) is 0.538. The third-order valence-corrected chi connectivity index (χ3v) is 5.64. The topological polar surface area (TPSA) is 75.3 Å². The van der Waals surface area contributed by atoms with E-state index in [1.165, 1.54) is 6.08 Å². The van der Waals surface area contributed by atoms with Crippen LogP contribution >= 0.6 is 11.6 Å². The highest BCUT2D eigenvalue weighted by molar-refractivity contribution is 7.92. The lowest BCUT2D eigenvalue weighted by Crippen LogP contribution is -2.13. The van der Waals surface area contributed by atoms with Gasteiger partial charge in [0, 0.05) is 22.5 Å². The highest BCUT2D eigenvalue weighted by Crippen LogP contribution is 2.19. The summed E-state index contributed by atoms with van der Waals surface area (Å²) in [6.07, 6.45) is 3.06. The van der Waals surface area contributed by atoms with Crippen molar-refractivity contribution in [1.29, 1.82) is 0 Å². The van der Waals surface area contributed by atoms with Crippen LogP contribution in [-0.2, 0) is 14.8 Å². The molecule has 3 rings (SSSR count). The molecule has 7 heteroatoms. The molecule has 0 aliphatic rings. The standard InChI is InChI=1S/C22H19ClN2O3S/c1-16-5-12-21(13-6-16)29(27,28)25-20-10-8-19(9-11-20)24-22(26)14-7-17-3-2-4-18(23)15-17/h2-15,25H,1H3,(H,24,26)/b14-7+. The molecule has 5 nitrogen and oxygen atoms in total. The molecule has 0 aromatic heterocycles. The monoisotopic (exact) mass is 426 g/mol. The van der Waals surface area contributed by atoms with Gasteiger partial charge in [-0.15, -0.1) is 0 Å². The molecule has 0 heterocycles. The van der Waals surface area contributed by atoms with Gasteiger partial charge in [0.15, 0.2) is 0 Å². The molecular weight excluding hydrogens is 408 g/mol. The number of anilines is 2. The first-order valence-corrected chi connectivity index (χ1v) is 10.6. The largest absolute Gasteiger partial charge is 0.323 e. The molecule has 0 spiro atoms. The summed E-state index contributed by atoms with van der Waals surface area (Å²) >= 11 is 5.91. The highest BCUT2D eigenvalue weighted by atomic mass is 35.5. The summed E-state index contributed by atoms with van der Waals surface area (Å²) < 4.78 is 27.4. The van der Waals surface area contributed by atoms with Gasteiger partial charge in [0.1, 0.15) is 0 Å². The van der Waals surface area contributed by atoms with Crippen molar-refractivity contribution in [2.24, 2.45) is 0 Å². The second-order valence-electron chi connectivity index (χ2n) is 6.37. The van der Waals surface area contributed by atoms with Crippen molar-refractivity contribution >= 4 is 45.0 Å². The van der Waals surface area contributed by atoms with E-state index >= 15 is 0 Å². The fraction of sp³-hybridized carbons (Fsp3) is 0.0455. The lowest BCUT2D eigenvalue weighted by molar-refractivity contribution is -0.111. The molecule has 3 aromatic rings. The Balaban J connectivity index is 1.62. The number of benzene rings is 3. The van der Waals surface area contributed by atoms with Gasteiger partial charge in [-0.25, -0.2) is 8.42 Å². The van der Waals surface area contributed by atoms with E-state index in [9.17, 15) is 13.2 Å². The van der Waals surface area contributed by atoms with Gasteiger partial charge < -0.3 is 5.32 Å². The molecule has 3 aromatic carbocycles. The number of carbonyl (C=O) groups excluding carboxylic acids is 1. The maximum absolute atomic E-state index is 12.4. The van der Waals surface area contributed by atoms with Gasteiger partial charge in [-0.05, 0) is 67.1 Å². The molecule has 0 saturated heterocycles. The van der Waals surface area contributed by atoms with Crippen LogP contribution in [0.5, 0.6) is 0 Å². The minimum atomic E-state index is -3.67. The van der Waals surface area contributed by atoms with Crippen LogP contribution in [0.3, 0.4) is 0 Å². The number of rotatable bonds is 6. The Morgan fingerprint density at radius 2 is 1.59 bits per heavy atom. The van der Waals surface area contributed by atoms with Gasteiger partial charge in [-0.3, -0.25) is 9.52 Å². The van der Waals surface area contributed by atoms with Gasteiger partial charge in [0.05, 0.1) is 4.90 Å². The maximum atomic E-state index is 12.4. The van der Waals surface area contributed by atoms with E-state index in [0.717, 1.165) is 11.1 Å². The molecule has 0 atom stereocenters. The molecule has 2 N–H and O–H groups in total. The normalized spacial score (nSPS) is 11.4. The number of amides is 1. The maximum Gasteiger partial charge on any atom is 0.261 e. The Kier molecular flexibility index (Phi) is 6.36. The van der Waals surface area contributed by atoms with Crippen molar-refractivity contribution in [2.75, 3.05) is 10.0 Å². The Labute approximate surface area is 175 Å². The molecule has 0 aliphatic heterocycles. The summed E-state index contributed by atoms with van der Waals surface area (Å²) in [5, 5.41) is 3.31. The van der Waals surface area contributed by atoms with Gasteiger partial charge in [0.25, 0.3) is 10.0 Å². The predicted octanol–water partition coefficient (Wildman–Crippen LogP) is 5.10. The molecule has 1 amide bonds. The first-order valence-electron chi connectivity index (χ1n) is 8.76. The Hall–Kier alpha value is -3.09. The zero-order valence-electron chi connectivity index (χ0n) is 15.6. The lowest BCUT2D eigenvalue weighted by atomic mass is 10.2. The van der Waals surface area contributed by atoms with Crippen LogP contribution in [0, 0.1) is 6.92 Å².